The minimum absolute atomic E-state index is 0. The molecule has 0 fully saturated rings. The summed E-state index contributed by atoms with van der Waals surface area (Å²) in [5.74, 6) is 1.23. The van der Waals surface area contributed by atoms with E-state index in [4.69, 9.17) is 0 Å². The van der Waals surface area contributed by atoms with Gasteiger partial charge in [0.05, 0.1) is 0 Å². The third kappa shape index (κ3) is 11.0. The summed E-state index contributed by atoms with van der Waals surface area (Å²) >= 11 is 0. The summed E-state index contributed by atoms with van der Waals surface area (Å²) in [7, 11) is 2.09. The quantitative estimate of drug-likeness (QED) is 0.381. The van der Waals surface area contributed by atoms with E-state index in [2.05, 4.69) is 23.5 Å². The number of unbranched alkanes of at least 4 members (excludes halogenated alkanes) is 11. The van der Waals surface area contributed by atoms with E-state index in [9.17, 15) is 0 Å². The van der Waals surface area contributed by atoms with Gasteiger partial charge in [-0.2, -0.15) is 0 Å². The topological polar surface area (TPSA) is 17.8 Å². The molecule has 0 aliphatic heterocycles. The van der Waals surface area contributed by atoms with Crippen molar-refractivity contribution in [1.29, 1.82) is 0 Å². The van der Waals surface area contributed by atoms with E-state index < -0.39 is 0 Å². The molecule has 0 amide bonds. The lowest BCUT2D eigenvalue weighted by Crippen LogP contribution is -1.97. The number of imidazole rings is 1. The highest BCUT2D eigenvalue weighted by Crippen LogP contribution is 2.12. The molecule has 0 N–H and O–H groups in total. The van der Waals surface area contributed by atoms with Gasteiger partial charge in [0.1, 0.15) is 5.82 Å². The van der Waals surface area contributed by atoms with Crippen molar-refractivity contribution in [2.24, 2.45) is 7.05 Å². The number of aromatic nitrogens is 2. The summed E-state index contributed by atoms with van der Waals surface area (Å²) in [6, 6.07) is 0. The summed E-state index contributed by atoms with van der Waals surface area (Å²) in [5, 5.41) is 0. The van der Waals surface area contributed by atoms with Crippen molar-refractivity contribution < 1.29 is 0 Å². The second-order valence-electron chi connectivity index (χ2n) is 6.09. The van der Waals surface area contributed by atoms with Gasteiger partial charge in [0.2, 0.25) is 0 Å². The molecule has 0 saturated heterocycles. The molecular formula is C18H35BrN2. The van der Waals surface area contributed by atoms with E-state index in [0.29, 0.717) is 0 Å². The highest BCUT2D eigenvalue weighted by molar-refractivity contribution is 8.93. The molecule has 21 heavy (non-hydrogen) atoms. The van der Waals surface area contributed by atoms with Crippen molar-refractivity contribution in [2.75, 3.05) is 0 Å². The van der Waals surface area contributed by atoms with E-state index in [1.807, 2.05) is 12.4 Å². The van der Waals surface area contributed by atoms with Crippen LogP contribution < -0.4 is 0 Å². The molecule has 0 saturated carbocycles. The fraction of sp³-hybridized carbons (Fsp3) is 0.833. The van der Waals surface area contributed by atoms with Gasteiger partial charge in [-0.3, -0.25) is 0 Å². The molecule has 3 heteroatoms. The molecule has 1 aromatic heterocycles. The lowest BCUT2D eigenvalue weighted by Gasteiger charge is -2.03. The van der Waals surface area contributed by atoms with Crippen molar-refractivity contribution in [2.45, 2.75) is 90.4 Å². The number of hydrogen-bond acceptors (Lipinski definition) is 1. The number of aryl methyl sites for hydroxylation is 2. The van der Waals surface area contributed by atoms with E-state index in [1.165, 1.54) is 82.9 Å². The molecule has 0 atom stereocenters. The summed E-state index contributed by atoms with van der Waals surface area (Å²) in [6.07, 6.45) is 22.1. The molecular weight excluding hydrogens is 324 g/mol. The zero-order chi connectivity index (χ0) is 14.5. The lowest BCUT2D eigenvalue weighted by molar-refractivity contribution is 0.541. The van der Waals surface area contributed by atoms with Gasteiger partial charge in [-0.1, -0.05) is 77.6 Å². The maximum atomic E-state index is 4.37. The van der Waals surface area contributed by atoms with Crippen LogP contribution in [0.25, 0.3) is 0 Å². The van der Waals surface area contributed by atoms with Crippen LogP contribution in [0.3, 0.4) is 0 Å². The predicted octanol–water partition coefficient (Wildman–Crippen LogP) is 6.24. The normalized spacial score (nSPS) is 10.6. The van der Waals surface area contributed by atoms with Crippen LogP contribution in [0.4, 0.5) is 0 Å². The molecule has 1 aromatic rings. The monoisotopic (exact) mass is 358 g/mol. The Morgan fingerprint density at radius 3 is 1.71 bits per heavy atom. The Hall–Kier alpha value is -0.310. The molecule has 1 rings (SSSR count). The Kier molecular flexibility index (Phi) is 14.4. The zero-order valence-corrected chi connectivity index (χ0v) is 15.9. The minimum atomic E-state index is 0. The van der Waals surface area contributed by atoms with Gasteiger partial charge >= 0.3 is 0 Å². The number of rotatable bonds is 13. The smallest absolute Gasteiger partial charge is 0.108 e. The molecule has 0 unspecified atom stereocenters. The van der Waals surface area contributed by atoms with Gasteiger partial charge in [0.25, 0.3) is 0 Å². The van der Waals surface area contributed by atoms with Crippen LogP contribution in [0, 0.1) is 0 Å². The predicted molar refractivity (Wildman–Crippen MR) is 98.3 cm³/mol. The Labute approximate surface area is 142 Å². The van der Waals surface area contributed by atoms with Crippen LogP contribution in [-0.2, 0) is 13.5 Å². The van der Waals surface area contributed by atoms with Crippen LogP contribution in [0.1, 0.15) is 89.8 Å². The SMILES string of the molecule is Br.CCCCCCCCCCCCCCc1nccn1C. The molecule has 0 aliphatic rings. The second kappa shape index (κ2) is 14.6. The minimum Gasteiger partial charge on any atom is -0.338 e. The fourth-order valence-electron chi connectivity index (χ4n) is 2.76. The van der Waals surface area contributed by atoms with E-state index in [1.54, 1.807) is 0 Å². The summed E-state index contributed by atoms with van der Waals surface area (Å²) < 4.78 is 2.14. The average Bonchev–Trinajstić information content (AvgIpc) is 2.85. The zero-order valence-electron chi connectivity index (χ0n) is 14.1. The molecule has 0 bridgehead atoms. The van der Waals surface area contributed by atoms with Crippen molar-refractivity contribution in [3.05, 3.63) is 18.2 Å². The van der Waals surface area contributed by atoms with Crippen LogP contribution in [-0.4, -0.2) is 9.55 Å². The maximum Gasteiger partial charge on any atom is 0.108 e. The van der Waals surface area contributed by atoms with E-state index in [0.717, 1.165) is 6.42 Å². The second-order valence-corrected chi connectivity index (χ2v) is 6.09. The molecule has 0 spiro atoms. The lowest BCUT2D eigenvalue weighted by atomic mass is 10.0. The van der Waals surface area contributed by atoms with Gasteiger partial charge < -0.3 is 4.57 Å². The highest BCUT2D eigenvalue weighted by Gasteiger charge is 1.98. The number of hydrogen-bond donors (Lipinski definition) is 0. The summed E-state index contributed by atoms with van der Waals surface area (Å²) in [5.41, 5.74) is 0. The first kappa shape index (κ1) is 20.7. The van der Waals surface area contributed by atoms with Gasteiger partial charge in [-0.25, -0.2) is 4.98 Å². The largest absolute Gasteiger partial charge is 0.338 e. The average molecular weight is 359 g/mol. The van der Waals surface area contributed by atoms with Crippen LogP contribution in [0.5, 0.6) is 0 Å². The fourth-order valence-corrected chi connectivity index (χ4v) is 2.76. The summed E-state index contributed by atoms with van der Waals surface area (Å²) in [6.45, 7) is 2.29. The first-order valence-electron chi connectivity index (χ1n) is 8.80. The standard InChI is InChI=1S/C18H34N2.BrH/c1-3-4-5-6-7-8-9-10-11-12-13-14-15-18-19-16-17-20(18)2;/h16-17H,3-15H2,1-2H3;1H. The van der Waals surface area contributed by atoms with Gasteiger partial charge in [0.15, 0.2) is 0 Å². The van der Waals surface area contributed by atoms with Crippen LogP contribution >= 0.6 is 17.0 Å². The number of halogens is 1. The third-order valence-electron chi connectivity index (χ3n) is 4.17. The third-order valence-corrected chi connectivity index (χ3v) is 4.17. The van der Waals surface area contributed by atoms with Crippen molar-refractivity contribution in [1.82, 2.24) is 9.55 Å². The Morgan fingerprint density at radius 2 is 1.29 bits per heavy atom. The molecule has 0 radical (unpaired) electrons. The van der Waals surface area contributed by atoms with Gasteiger partial charge in [-0.05, 0) is 6.42 Å². The number of nitrogens with zero attached hydrogens (tertiary/aromatic N) is 2. The van der Waals surface area contributed by atoms with Gasteiger partial charge in [-0.15, -0.1) is 17.0 Å². The van der Waals surface area contributed by atoms with Gasteiger partial charge in [0, 0.05) is 25.9 Å². The Morgan fingerprint density at radius 1 is 0.810 bits per heavy atom. The molecule has 1 heterocycles. The van der Waals surface area contributed by atoms with Crippen LogP contribution in [0.2, 0.25) is 0 Å². The van der Waals surface area contributed by atoms with Crippen molar-refractivity contribution >= 4 is 17.0 Å². The molecule has 0 aliphatic carbocycles. The van der Waals surface area contributed by atoms with E-state index >= 15 is 0 Å². The highest BCUT2D eigenvalue weighted by atomic mass is 79.9. The van der Waals surface area contributed by atoms with Crippen molar-refractivity contribution in [3.63, 3.8) is 0 Å². The Bertz CT molecular complexity index is 323. The molecule has 0 aromatic carbocycles. The van der Waals surface area contributed by atoms with E-state index in [-0.39, 0.29) is 17.0 Å². The first-order valence-corrected chi connectivity index (χ1v) is 8.80. The van der Waals surface area contributed by atoms with Crippen LogP contribution in [0.15, 0.2) is 12.4 Å². The first-order chi connectivity index (χ1) is 9.84. The summed E-state index contributed by atoms with van der Waals surface area (Å²) in [4.78, 5) is 4.37. The maximum absolute atomic E-state index is 4.37. The molecule has 124 valence electrons. The van der Waals surface area contributed by atoms with Crippen molar-refractivity contribution in [3.8, 4) is 0 Å². The Balaban J connectivity index is 0.00000400. The molecule has 2 nitrogen and oxygen atoms in total.